The van der Waals surface area contributed by atoms with Gasteiger partial charge in [0.2, 0.25) is 5.91 Å². The van der Waals surface area contributed by atoms with Crippen LogP contribution in [0.4, 0.5) is 0 Å². The molecule has 122 valence electrons. The molecule has 0 atom stereocenters. The molecular weight excluding hydrogens is 284 g/mol. The molecule has 0 bridgehead atoms. The van der Waals surface area contributed by atoms with E-state index >= 15 is 0 Å². The van der Waals surface area contributed by atoms with Gasteiger partial charge in [0.1, 0.15) is 0 Å². The first-order valence-corrected chi connectivity index (χ1v) is 8.32. The Morgan fingerprint density at radius 3 is 2.00 bits per heavy atom. The maximum absolute atomic E-state index is 11.8. The number of carbonyl (C=O) groups is 1. The lowest BCUT2D eigenvalue weighted by Crippen LogP contribution is -2.26. The van der Waals surface area contributed by atoms with Crippen molar-refractivity contribution in [2.75, 3.05) is 20.1 Å². The molecule has 2 N–H and O–H groups in total. The smallest absolute Gasteiger partial charge is 0.220 e. The number of rotatable bonds is 9. The topological polar surface area (TPSA) is 41.1 Å². The fourth-order valence-corrected chi connectivity index (χ4v) is 2.77. The van der Waals surface area contributed by atoms with Crippen LogP contribution in [-0.4, -0.2) is 26.0 Å². The fraction of sp³-hybridized carbons (Fsp3) is 0.350. The maximum atomic E-state index is 11.8. The van der Waals surface area contributed by atoms with Crippen molar-refractivity contribution < 1.29 is 4.79 Å². The van der Waals surface area contributed by atoms with E-state index in [0.717, 1.165) is 19.4 Å². The molecule has 0 aliphatic carbocycles. The molecule has 2 rings (SSSR count). The number of benzene rings is 2. The van der Waals surface area contributed by atoms with Crippen LogP contribution in [0.15, 0.2) is 60.7 Å². The summed E-state index contributed by atoms with van der Waals surface area (Å²) in [5.41, 5.74) is 2.59. The van der Waals surface area contributed by atoms with Gasteiger partial charge in [0.25, 0.3) is 0 Å². The van der Waals surface area contributed by atoms with E-state index in [-0.39, 0.29) is 5.91 Å². The van der Waals surface area contributed by atoms with E-state index in [0.29, 0.717) is 18.9 Å². The zero-order valence-corrected chi connectivity index (χ0v) is 13.8. The van der Waals surface area contributed by atoms with Crippen molar-refractivity contribution in [2.45, 2.75) is 25.2 Å². The Kier molecular flexibility index (Phi) is 7.34. The van der Waals surface area contributed by atoms with Crippen LogP contribution in [0.2, 0.25) is 0 Å². The third-order valence-corrected chi connectivity index (χ3v) is 3.99. The number of amides is 1. The highest BCUT2D eigenvalue weighted by Gasteiger charge is 2.13. The Morgan fingerprint density at radius 2 is 1.48 bits per heavy atom. The second kappa shape index (κ2) is 9.80. The van der Waals surface area contributed by atoms with Gasteiger partial charge in [-0.15, -0.1) is 0 Å². The lowest BCUT2D eigenvalue weighted by molar-refractivity contribution is -0.121. The molecule has 0 aromatic heterocycles. The van der Waals surface area contributed by atoms with Crippen molar-refractivity contribution in [3.8, 4) is 0 Å². The summed E-state index contributed by atoms with van der Waals surface area (Å²) < 4.78 is 0. The van der Waals surface area contributed by atoms with Gasteiger partial charge in [-0.25, -0.2) is 0 Å². The summed E-state index contributed by atoms with van der Waals surface area (Å²) >= 11 is 0. The largest absolute Gasteiger partial charge is 0.356 e. The molecule has 0 saturated carbocycles. The molecule has 0 radical (unpaired) electrons. The van der Waals surface area contributed by atoms with Crippen LogP contribution in [0.25, 0.3) is 0 Å². The van der Waals surface area contributed by atoms with Crippen molar-refractivity contribution in [1.29, 1.82) is 0 Å². The number of hydrogen-bond acceptors (Lipinski definition) is 2. The first kappa shape index (κ1) is 17.2. The monoisotopic (exact) mass is 310 g/mol. The second-order valence-electron chi connectivity index (χ2n) is 5.72. The molecule has 0 aliphatic heterocycles. The lowest BCUT2D eigenvalue weighted by atomic mass is 9.88. The van der Waals surface area contributed by atoms with E-state index in [9.17, 15) is 4.79 Å². The predicted octanol–water partition coefficient (Wildman–Crippen LogP) is 3.32. The van der Waals surface area contributed by atoms with Crippen LogP contribution in [0, 0.1) is 0 Å². The Morgan fingerprint density at radius 1 is 0.913 bits per heavy atom. The molecule has 0 saturated heterocycles. The summed E-state index contributed by atoms with van der Waals surface area (Å²) in [7, 11) is 1.90. The van der Waals surface area contributed by atoms with Gasteiger partial charge in [0, 0.05) is 18.9 Å². The summed E-state index contributed by atoms with van der Waals surface area (Å²) in [5.74, 6) is 0.454. The van der Waals surface area contributed by atoms with Crippen LogP contribution in [-0.2, 0) is 4.79 Å². The van der Waals surface area contributed by atoms with Gasteiger partial charge in [-0.3, -0.25) is 4.79 Å². The third kappa shape index (κ3) is 5.87. The standard InChI is InChI=1S/C20H26N2O/c1-21-15-8-13-20(23)22-16-14-19(17-9-4-2-5-10-17)18-11-6-3-7-12-18/h2-7,9-12,19,21H,8,13-16H2,1H3,(H,22,23). The molecule has 1 amide bonds. The molecule has 3 heteroatoms. The quantitative estimate of drug-likeness (QED) is 0.698. The molecular formula is C20H26N2O. The van der Waals surface area contributed by atoms with Gasteiger partial charge in [0.05, 0.1) is 0 Å². The van der Waals surface area contributed by atoms with Gasteiger partial charge in [0.15, 0.2) is 0 Å². The Labute approximate surface area is 139 Å². The van der Waals surface area contributed by atoms with Gasteiger partial charge in [-0.05, 0) is 37.6 Å². The highest BCUT2D eigenvalue weighted by Crippen LogP contribution is 2.27. The van der Waals surface area contributed by atoms with Crippen molar-refractivity contribution in [1.82, 2.24) is 10.6 Å². The van der Waals surface area contributed by atoms with Gasteiger partial charge in [-0.1, -0.05) is 60.7 Å². The summed E-state index contributed by atoms with van der Waals surface area (Å²) in [4.78, 5) is 11.8. The zero-order valence-electron chi connectivity index (χ0n) is 13.8. The van der Waals surface area contributed by atoms with Gasteiger partial charge >= 0.3 is 0 Å². The number of nitrogens with one attached hydrogen (secondary N) is 2. The minimum absolute atomic E-state index is 0.139. The van der Waals surface area contributed by atoms with E-state index < -0.39 is 0 Å². The van der Waals surface area contributed by atoms with Crippen LogP contribution in [0.5, 0.6) is 0 Å². The Bertz CT molecular complexity index is 529. The van der Waals surface area contributed by atoms with E-state index in [4.69, 9.17) is 0 Å². The average Bonchev–Trinajstić information content (AvgIpc) is 2.60. The van der Waals surface area contributed by atoms with Gasteiger partial charge < -0.3 is 10.6 Å². The van der Waals surface area contributed by atoms with E-state index in [1.54, 1.807) is 0 Å². The van der Waals surface area contributed by atoms with Crippen LogP contribution in [0.3, 0.4) is 0 Å². The Hall–Kier alpha value is -2.13. The predicted molar refractivity (Wildman–Crippen MR) is 95.5 cm³/mol. The third-order valence-electron chi connectivity index (χ3n) is 3.99. The molecule has 0 heterocycles. The first-order valence-electron chi connectivity index (χ1n) is 8.32. The summed E-state index contributed by atoms with van der Waals surface area (Å²) in [5, 5.41) is 6.11. The first-order chi connectivity index (χ1) is 11.3. The maximum Gasteiger partial charge on any atom is 0.220 e. The average molecular weight is 310 g/mol. The minimum Gasteiger partial charge on any atom is -0.356 e. The van der Waals surface area contributed by atoms with E-state index in [1.165, 1.54) is 11.1 Å². The van der Waals surface area contributed by atoms with Crippen LogP contribution >= 0.6 is 0 Å². The summed E-state index contributed by atoms with van der Waals surface area (Å²) in [6.45, 7) is 1.58. The SMILES string of the molecule is CNCCCC(=O)NCCC(c1ccccc1)c1ccccc1. The van der Waals surface area contributed by atoms with Crippen molar-refractivity contribution >= 4 is 5.91 Å². The summed E-state index contributed by atoms with van der Waals surface area (Å²) in [6, 6.07) is 21.0. The van der Waals surface area contributed by atoms with Crippen molar-refractivity contribution in [3.63, 3.8) is 0 Å². The molecule has 0 unspecified atom stereocenters. The molecule has 0 fully saturated rings. The van der Waals surface area contributed by atoms with Crippen molar-refractivity contribution in [2.24, 2.45) is 0 Å². The second-order valence-corrected chi connectivity index (χ2v) is 5.72. The minimum atomic E-state index is 0.139. The molecule has 2 aromatic rings. The van der Waals surface area contributed by atoms with E-state index in [1.807, 2.05) is 19.2 Å². The number of hydrogen-bond donors (Lipinski definition) is 2. The van der Waals surface area contributed by atoms with Crippen LogP contribution < -0.4 is 10.6 Å². The molecule has 0 aliphatic rings. The molecule has 0 spiro atoms. The van der Waals surface area contributed by atoms with Crippen LogP contribution in [0.1, 0.15) is 36.3 Å². The lowest BCUT2D eigenvalue weighted by Gasteiger charge is -2.18. The number of carbonyl (C=O) groups excluding carboxylic acids is 1. The molecule has 2 aromatic carbocycles. The fourth-order valence-electron chi connectivity index (χ4n) is 2.77. The normalized spacial score (nSPS) is 10.7. The van der Waals surface area contributed by atoms with Crippen molar-refractivity contribution in [3.05, 3.63) is 71.8 Å². The molecule has 23 heavy (non-hydrogen) atoms. The van der Waals surface area contributed by atoms with E-state index in [2.05, 4.69) is 59.2 Å². The summed E-state index contributed by atoms with van der Waals surface area (Å²) in [6.07, 6.45) is 2.37. The molecule has 3 nitrogen and oxygen atoms in total. The van der Waals surface area contributed by atoms with Gasteiger partial charge in [-0.2, -0.15) is 0 Å². The zero-order chi connectivity index (χ0) is 16.3. The highest BCUT2D eigenvalue weighted by atomic mass is 16.1. The Balaban J connectivity index is 1.93. The highest BCUT2D eigenvalue weighted by molar-refractivity contribution is 5.75.